The molecule has 0 spiro atoms. The zero-order valence-corrected chi connectivity index (χ0v) is 19.1. The predicted molar refractivity (Wildman–Crippen MR) is 123 cm³/mol. The second-order valence-corrected chi connectivity index (χ2v) is 7.35. The molecule has 0 N–H and O–H groups in total. The van der Waals surface area contributed by atoms with Crippen molar-refractivity contribution in [2.75, 3.05) is 13.2 Å². The van der Waals surface area contributed by atoms with E-state index in [4.69, 9.17) is 9.68 Å². The Morgan fingerprint density at radius 3 is 1.45 bits per heavy atom. The molecule has 0 aliphatic rings. The molecule has 0 amide bonds. The van der Waals surface area contributed by atoms with Crippen LogP contribution in [-0.4, -0.2) is 24.6 Å². The molecule has 4 aromatic rings. The second-order valence-electron chi connectivity index (χ2n) is 7.35. The maximum Gasteiger partial charge on any atom is 2.00 e. The standard InChI is InChI=1S/C26H24N2O4.Cu/c1-17(21-13-11-19-7-3-5-9-23(19)25(21)29)27-31-15-16-32-28-18(2)22-14-12-20-8-4-6-10-24(20)26(22)30;/h3-14,29-30H,15-16H2,1-2H3;/q;+2/p-2/b27-17+,28-18+;. The number of hydrogen-bond acceptors (Lipinski definition) is 6. The first-order valence-electron chi connectivity index (χ1n) is 10.3. The summed E-state index contributed by atoms with van der Waals surface area (Å²) in [5.41, 5.74) is 1.98. The van der Waals surface area contributed by atoms with E-state index in [1.54, 1.807) is 38.1 Å². The van der Waals surface area contributed by atoms with Crippen LogP contribution in [-0.2, 0) is 26.7 Å². The van der Waals surface area contributed by atoms with E-state index in [2.05, 4.69) is 10.3 Å². The number of fused-ring (bicyclic) bond motifs is 2. The largest absolute Gasteiger partial charge is 2.00 e. The first kappa shape index (κ1) is 24.1. The smallest absolute Gasteiger partial charge is 0.872 e. The molecule has 0 aliphatic carbocycles. The number of benzene rings is 4. The third kappa shape index (κ3) is 5.27. The number of rotatable bonds is 7. The average Bonchev–Trinajstić information content (AvgIpc) is 2.82. The van der Waals surface area contributed by atoms with E-state index in [-0.39, 0.29) is 41.8 Å². The SMILES string of the molecule is C/C(=N\OCCO/N=C(\C)c1ccc2ccccc2c1[O-])c1ccc2ccccc2c1[O-].[Cu+2]. The molecule has 33 heavy (non-hydrogen) atoms. The molecule has 0 saturated carbocycles. The van der Waals surface area contributed by atoms with Gasteiger partial charge in [0.05, 0.1) is 11.4 Å². The maximum atomic E-state index is 12.6. The van der Waals surface area contributed by atoms with Crippen molar-refractivity contribution in [2.24, 2.45) is 10.3 Å². The van der Waals surface area contributed by atoms with Gasteiger partial charge in [0.1, 0.15) is 0 Å². The molecule has 171 valence electrons. The molecule has 0 fully saturated rings. The van der Waals surface area contributed by atoms with Crippen LogP contribution >= 0.6 is 0 Å². The Bertz CT molecular complexity index is 1230. The molecule has 4 rings (SSSR count). The number of nitrogens with zero attached hydrogens (tertiary/aromatic N) is 2. The molecule has 6 nitrogen and oxygen atoms in total. The summed E-state index contributed by atoms with van der Waals surface area (Å²) in [4.78, 5) is 10.6. The Hall–Kier alpha value is -3.54. The fourth-order valence-corrected chi connectivity index (χ4v) is 3.51. The normalized spacial score (nSPS) is 11.9. The minimum Gasteiger partial charge on any atom is -0.872 e. The van der Waals surface area contributed by atoms with Gasteiger partial charge in [0.2, 0.25) is 0 Å². The van der Waals surface area contributed by atoms with E-state index >= 15 is 0 Å². The molecular weight excluding hydrogens is 468 g/mol. The van der Waals surface area contributed by atoms with Gasteiger partial charge in [-0.05, 0) is 46.5 Å². The average molecular weight is 490 g/mol. The van der Waals surface area contributed by atoms with Crippen LogP contribution < -0.4 is 10.2 Å². The summed E-state index contributed by atoms with van der Waals surface area (Å²) in [6, 6.07) is 22.1. The molecule has 0 heterocycles. The molecule has 0 atom stereocenters. The Morgan fingerprint density at radius 2 is 1.03 bits per heavy atom. The van der Waals surface area contributed by atoms with Crippen LogP contribution in [0.25, 0.3) is 21.5 Å². The summed E-state index contributed by atoms with van der Waals surface area (Å²) >= 11 is 0. The fraction of sp³-hybridized carbons (Fsp3) is 0.154. The summed E-state index contributed by atoms with van der Waals surface area (Å²) in [6.07, 6.45) is 0. The Labute approximate surface area is 202 Å². The van der Waals surface area contributed by atoms with Crippen molar-refractivity contribution in [3.05, 3.63) is 83.9 Å². The van der Waals surface area contributed by atoms with Gasteiger partial charge >= 0.3 is 17.1 Å². The van der Waals surface area contributed by atoms with Gasteiger partial charge in [-0.1, -0.05) is 94.6 Å². The predicted octanol–water partition coefficient (Wildman–Crippen LogP) is 4.32. The van der Waals surface area contributed by atoms with Crippen LogP contribution in [0.1, 0.15) is 25.0 Å². The monoisotopic (exact) mass is 489 g/mol. The zero-order chi connectivity index (χ0) is 22.5. The topological polar surface area (TPSA) is 89.3 Å². The van der Waals surface area contributed by atoms with Gasteiger partial charge in [-0.2, -0.15) is 0 Å². The Balaban J connectivity index is 0.00000306. The van der Waals surface area contributed by atoms with Crippen LogP contribution in [0.3, 0.4) is 0 Å². The van der Waals surface area contributed by atoms with Crippen LogP contribution in [0.4, 0.5) is 0 Å². The van der Waals surface area contributed by atoms with Gasteiger partial charge in [-0.15, -0.1) is 0 Å². The number of hydrogen-bond donors (Lipinski definition) is 0. The van der Waals surface area contributed by atoms with E-state index in [1.165, 1.54) is 0 Å². The molecule has 7 heteroatoms. The quantitative estimate of drug-likeness (QED) is 0.167. The Kier molecular flexibility index (Phi) is 7.93. The van der Waals surface area contributed by atoms with E-state index < -0.39 is 0 Å². The minimum atomic E-state index is -0.0757. The van der Waals surface area contributed by atoms with E-state index in [9.17, 15) is 10.2 Å². The van der Waals surface area contributed by atoms with Crippen molar-refractivity contribution >= 4 is 33.0 Å². The van der Waals surface area contributed by atoms with Gasteiger partial charge < -0.3 is 19.9 Å². The second kappa shape index (κ2) is 10.9. The molecule has 1 radical (unpaired) electrons. The summed E-state index contributed by atoms with van der Waals surface area (Å²) < 4.78 is 0. The first-order chi connectivity index (χ1) is 15.6. The number of oxime groups is 2. The van der Waals surface area contributed by atoms with Gasteiger partial charge in [-0.25, -0.2) is 0 Å². The van der Waals surface area contributed by atoms with Crippen LogP contribution in [0.5, 0.6) is 11.5 Å². The molecule has 4 aromatic carbocycles. The van der Waals surface area contributed by atoms with Gasteiger partial charge in [0.15, 0.2) is 13.2 Å². The molecule has 0 saturated heterocycles. The van der Waals surface area contributed by atoms with Crippen LogP contribution in [0.15, 0.2) is 83.1 Å². The third-order valence-electron chi connectivity index (χ3n) is 5.21. The van der Waals surface area contributed by atoms with Crippen LogP contribution in [0, 0.1) is 0 Å². The van der Waals surface area contributed by atoms with Crippen molar-refractivity contribution in [3.8, 4) is 11.5 Å². The van der Waals surface area contributed by atoms with Crippen molar-refractivity contribution in [2.45, 2.75) is 13.8 Å². The van der Waals surface area contributed by atoms with Crippen molar-refractivity contribution < 1.29 is 37.0 Å². The van der Waals surface area contributed by atoms with E-state index in [1.807, 2.05) is 48.5 Å². The van der Waals surface area contributed by atoms with Crippen molar-refractivity contribution in [1.29, 1.82) is 0 Å². The van der Waals surface area contributed by atoms with Gasteiger partial charge in [0.25, 0.3) is 0 Å². The summed E-state index contributed by atoms with van der Waals surface area (Å²) in [6.45, 7) is 3.75. The van der Waals surface area contributed by atoms with E-state index in [0.717, 1.165) is 10.8 Å². The summed E-state index contributed by atoms with van der Waals surface area (Å²) in [7, 11) is 0. The maximum absolute atomic E-state index is 12.6. The summed E-state index contributed by atoms with van der Waals surface area (Å²) in [5.74, 6) is -0.151. The van der Waals surface area contributed by atoms with Gasteiger partial charge in [-0.3, -0.25) is 0 Å². The molecule has 0 aromatic heterocycles. The first-order valence-corrected chi connectivity index (χ1v) is 10.3. The van der Waals surface area contributed by atoms with Gasteiger partial charge in [0, 0.05) is 0 Å². The fourth-order valence-electron chi connectivity index (χ4n) is 3.51. The van der Waals surface area contributed by atoms with Crippen molar-refractivity contribution in [3.63, 3.8) is 0 Å². The Morgan fingerprint density at radius 1 is 0.636 bits per heavy atom. The van der Waals surface area contributed by atoms with Crippen molar-refractivity contribution in [1.82, 2.24) is 0 Å². The summed E-state index contributed by atoms with van der Waals surface area (Å²) in [5, 5.41) is 36.4. The molecule has 0 unspecified atom stereocenters. The minimum absolute atomic E-state index is 0. The molecule has 0 aliphatic heterocycles. The van der Waals surface area contributed by atoms with Crippen LogP contribution in [0.2, 0.25) is 0 Å². The third-order valence-corrected chi connectivity index (χ3v) is 5.21. The molecular formula is C26H22CuN2O4. The zero-order valence-electron chi connectivity index (χ0n) is 18.2. The molecule has 0 bridgehead atoms. The van der Waals surface area contributed by atoms with E-state index in [0.29, 0.717) is 33.3 Å².